The minimum absolute atomic E-state index is 0.0854. The van der Waals surface area contributed by atoms with Gasteiger partial charge in [-0.15, -0.1) is 0 Å². The molecule has 2 aromatic rings. The molecule has 0 aliphatic heterocycles. The van der Waals surface area contributed by atoms with Gasteiger partial charge in [0, 0.05) is 11.1 Å². The lowest BCUT2D eigenvalue weighted by Crippen LogP contribution is -2.24. The molecule has 0 amide bonds. The second-order valence-corrected chi connectivity index (χ2v) is 9.30. The van der Waals surface area contributed by atoms with Crippen LogP contribution in [-0.4, -0.2) is 46.6 Å². The third kappa shape index (κ3) is 4.66. The third-order valence-corrected chi connectivity index (χ3v) is 7.29. The highest BCUT2D eigenvalue weighted by Gasteiger charge is 2.37. The second-order valence-electron chi connectivity index (χ2n) is 9.30. The van der Waals surface area contributed by atoms with Gasteiger partial charge in [0.2, 0.25) is 11.5 Å². The monoisotopic (exact) mass is 502 g/mol. The summed E-state index contributed by atoms with van der Waals surface area (Å²) in [5, 5.41) is 11.5. The highest BCUT2D eigenvalue weighted by Crippen LogP contribution is 2.57. The van der Waals surface area contributed by atoms with Gasteiger partial charge in [-0.05, 0) is 47.9 Å². The smallest absolute Gasteiger partial charge is 0.314 e. The quantitative estimate of drug-likeness (QED) is 0.389. The maximum Gasteiger partial charge on any atom is 0.314 e. The molecule has 1 N–H and O–H groups in total. The van der Waals surface area contributed by atoms with Crippen molar-refractivity contribution < 1.29 is 38.3 Å². The SMILES string of the molecule is CC[C@H](C)C(=O)Oc1c(OC)c(OC)cc2c1-c1c(cc(OC)c(OC)c1OC)[C@H](O)[C@H](C)[C@H](C)C2. The van der Waals surface area contributed by atoms with E-state index in [0.717, 1.165) is 5.56 Å². The molecule has 198 valence electrons. The molecule has 0 bridgehead atoms. The maximum atomic E-state index is 13.1. The molecule has 0 saturated carbocycles. The third-order valence-electron chi connectivity index (χ3n) is 7.29. The van der Waals surface area contributed by atoms with Gasteiger partial charge in [-0.2, -0.15) is 0 Å². The van der Waals surface area contributed by atoms with E-state index in [1.54, 1.807) is 13.2 Å². The Morgan fingerprint density at radius 3 is 1.97 bits per heavy atom. The lowest BCUT2D eigenvalue weighted by Gasteiger charge is -2.33. The first-order valence-electron chi connectivity index (χ1n) is 12.2. The Morgan fingerprint density at radius 2 is 1.44 bits per heavy atom. The van der Waals surface area contributed by atoms with Crippen LogP contribution in [0.2, 0.25) is 0 Å². The number of carbonyl (C=O) groups is 1. The van der Waals surface area contributed by atoms with Crippen LogP contribution in [0.25, 0.3) is 11.1 Å². The summed E-state index contributed by atoms with van der Waals surface area (Å²) in [6.07, 6.45) is 0.368. The average Bonchev–Trinajstić information content (AvgIpc) is 2.89. The fourth-order valence-corrected chi connectivity index (χ4v) is 4.71. The van der Waals surface area contributed by atoms with Crippen molar-refractivity contribution in [1.29, 1.82) is 0 Å². The van der Waals surface area contributed by atoms with Gasteiger partial charge in [-0.3, -0.25) is 4.79 Å². The van der Waals surface area contributed by atoms with Gasteiger partial charge in [-0.25, -0.2) is 0 Å². The Labute approximate surface area is 213 Å². The summed E-state index contributed by atoms with van der Waals surface area (Å²) in [5.41, 5.74) is 2.61. The van der Waals surface area contributed by atoms with E-state index in [-0.39, 0.29) is 29.3 Å². The van der Waals surface area contributed by atoms with Gasteiger partial charge in [0.15, 0.2) is 23.0 Å². The number of rotatable bonds is 8. The number of carbonyl (C=O) groups excluding carboxylic acids is 1. The van der Waals surface area contributed by atoms with Gasteiger partial charge in [0.05, 0.1) is 47.6 Å². The maximum absolute atomic E-state index is 13.1. The number of hydrogen-bond donors (Lipinski definition) is 1. The van der Waals surface area contributed by atoms with Crippen LogP contribution < -0.4 is 28.4 Å². The summed E-state index contributed by atoms with van der Waals surface area (Å²) < 4.78 is 34.6. The van der Waals surface area contributed by atoms with E-state index in [4.69, 9.17) is 28.4 Å². The van der Waals surface area contributed by atoms with Crippen LogP contribution >= 0.6 is 0 Å². The van der Waals surface area contributed by atoms with E-state index in [2.05, 4.69) is 6.92 Å². The molecule has 0 saturated heterocycles. The number of fused-ring (bicyclic) bond motifs is 3. The fourth-order valence-electron chi connectivity index (χ4n) is 4.71. The molecular formula is C28H38O8. The van der Waals surface area contributed by atoms with Gasteiger partial charge in [0.1, 0.15) is 0 Å². The minimum Gasteiger partial charge on any atom is -0.493 e. The number of hydrogen-bond acceptors (Lipinski definition) is 8. The first-order chi connectivity index (χ1) is 17.2. The molecule has 0 heterocycles. The number of aliphatic hydroxyl groups is 1. The van der Waals surface area contributed by atoms with Crippen molar-refractivity contribution in [3.63, 3.8) is 0 Å². The number of benzene rings is 2. The largest absolute Gasteiger partial charge is 0.493 e. The molecule has 36 heavy (non-hydrogen) atoms. The first-order valence-corrected chi connectivity index (χ1v) is 12.2. The van der Waals surface area contributed by atoms with Crippen molar-refractivity contribution in [1.82, 2.24) is 0 Å². The molecule has 8 heteroatoms. The van der Waals surface area contributed by atoms with E-state index >= 15 is 0 Å². The molecule has 2 aromatic carbocycles. The van der Waals surface area contributed by atoms with Gasteiger partial charge in [0.25, 0.3) is 0 Å². The zero-order valence-corrected chi connectivity index (χ0v) is 22.7. The molecular weight excluding hydrogens is 464 g/mol. The highest BCUT2D eigenvalue weighted by molar-refractivity contribution is 5.91. The number of esters is 1. The van der Waals surface area contributed by atoms with Gasteiger partial charge >= 0.3 is 5.97 Å². The molecule has 3 rings (SSSR count). The first kappa shape index (κ1) is 27.5. The number of aliphatic hydroxyl groups excluding tert-OH is 1. The van der Waals surface area contributed by atoms with Crippen LogP contribution in [0, 0.1) is 17.8 Å². The topological polar surface area (TPSA) is 92.7 Å². The van der Waals surface area contributed by atoms with Crippen molar-refractivity contribution in [3.8, 4) is 45.6 Å². The van der Waals surface area contributed by atoms with E-state index in [1.165, 1.54) is 28.4 Å². The molecule has 1 aliphatic carbocycles. The minimum atomic E-state index is -0.844. The summed E-state index contributed by atoms with van der Waals surface area (Å²) in [4.78, 5) is 13.1. The summed E-state index contributed by atoms with van der Waals surface area (Å²) in [7, 11) is 7.63. The van der Waals surface area contributed by atoms with Crippen molar-refractivity contribution in [2.45, 2.75) is 46.6 Å². The van der Waals surface area contributed by atoms with Crippen molar-refractivity contribution in [2.24, 2.45) is 17.8 Å². The predicted octanol–water partition coefficient (Wildman–Crippen LogP) is 5.21. The zero-order valence-electron chi connectivity index (χ0n) is 22.7. The molecule has 0 unspecified atom stereocenters. The molecule has 0 radical (unpaired) electrons. The van der Waals surface area contributed by atoms with Crippen LogP contribution in [0.1, 0.15) is 51.3 Å². The highest BCUT2D eigenvalue weighted by atomic mass is 16.6. The van der Waals surface area contributed by atoms with E-state index < -0.39 is 12.1 Å². The van der Waals surface area contributed by atoms with Crippen molar-refractivity contribution in [2.75, 3.05) is 35.5 Å². The van der Waals surface area contributed by atoms with Crippen molar-refractivity contribution in [3.05, 3.63) is 23.3 Å². The van der Waals surface area contributed by atoms with Crippen LogP contribution in [0.4, 0.5) is 0 Å². The van der Waals surface area contributed by atoms with Gasteiger partial charge in [-0.1, -0.05) is 27.7 Å². The Kier molecular flexibility index (Phi) is 8.61. The zero-order chi connectivity index (χ0) is 26.7. The molecule has 1 aliphatic rings. The predicted molar refractivity (Wildman–Crippen MR) is 137 cm³/mol. The Hall–Kier alpha value is -3.13. The van der Waals surface area contributed by atoms with Crippen molar-refractivity contribution >= 4 is 5.97 Å². The van der Waals surface area contributed by atoms with E-state index in [9.17, 15) is 9.90 Å². The van der Waals surface area contributed by atoms with E-state index in [1.807, 2.05) is 26.8 Å². The van der Waals surface area contributed by atoms with Crippen LogP contribution in [0.5, 0.6) is 34.5 Å². The van der Waals surface area contributed by atoms with Crippen LogP contribution in [0.15, 0.2) is 12.1 Å². The standard InChI is InChI=1S/C28H38O8/c1-10-14(2)28(30)36-27-21-17(12-19(31-5)25(27)34-8)11-15(3)16(4)23(29)18-13-20(32-6)24(33-7)26(35-9)22(18)21/h12-16,23,29H,10-11H2,1-9H3/t14-,15+,16+,23+/m0/s1. The average molecular weight is 503 g/mol. The lowest BCUT2D eigenvalue weighted by molar-refractivity contribution is -0.138. The summed E-state index contributed by atoms with van der Waals surface area (Å²) in [6, 6.07) is 3.66. The number of methoxy groups -OCH3 is 5. The molecule has 0 spiro atoms. The Balaban J connectivity index is 2.55. The van der Waals surface area contributed by atoms with Gasteiger partial charge < -0.3 is 33.5 Å². The molecule has 0 fully saturated rings. The Morgan fingerprint density at radius 1 is 0.889 bits per heavy atom. The molecule has 0 aromatic heterocycles. The summed E-state index contributed by atoms with van der Waals surface area (Å²) >= 11 is 0. The number of ether oxygens (including phenoxy) is 6. The summed E-state index contributed by atoms with van der Waals surface area (Å²) in [5.74, 6) is 1.37. The summed E-state index contributed by atoms with van der Waals surface area (Å²) in [6.45, 7) is 7.84. The van der Waals surface area contributed by atoms with E-state index in [0.29, 0.717) is 52.5 Å². The molecule has 8 nitrogen and oxygen atoms in total. The normalized spacial score (nSPS) is 19.7. The second kappa shape index (κ2) is 11.3. The fraction of sp³-hybridized carbons (Fsp3) is 0.536. The van der Waals surface area contributed by atoms with Crippen LogP contribution in [0.3, 0.4) is 0 Å². The molecule has 4 atom stereocenters. The van der Waals surface area contributed by atoms with Crippen LogP contribution in [-0.2, 0) is 11.2 Å². The lowest BCUT2D eigenvalue weighted by atomic mass is 9.76. The Bertz CT molecular complexity index is 1110.